The van der Waals surface area contributed by atoms with Crippen molar-refractivity contribution >= 4 is 5.97 Å². The molecule has 1 heterocycles. The number of rotatable bonds is 4. The summed E-state index contributed by atoms with van der Waals surface area (Å²) >= 11 is 0. The first kappa shape index (κ1) is 11.0. The Morgan fingerprint density at radius 3 is 2.56 bits per heavy atom. The van der Waals surface area contributed by atoms with Crippen LogP contribution in [0.5, 0.6) is 5.75 Å². The first-order valence-electron chi connectivity index (χ1n) is 5.30. The van der Waals surface area contributed by atoms with Crippen LogP contribution in [0.3, 0.4) is 0 Å². The molecule has 0 aromatic heterocycles. The van der Waals surface area contributed by atoms with Crippen molar-refractivity contribution in [3.05, 3.63) is 29.8 Å². The van der Waals surface area contributed by atoms with Gasteiger partial charge >= 0.3 is 5.97 Å². The van der Waals surface area contributed by atoms with E-state index in [2.05, 4.69) is 5.32 Å². The van der Waals surface area contributed by atoms with E-state index in [-0.39, 0.29) is 11.9 Å². The van der Waals surface area contributed by atoms with Gasteiger partial charge in [-0.25, -0.2) is 0 Å². The highest BCUT2D eigenvalue weighted by molar-refractivity contribution is 5.74. The van der Waals surface area contributed by atoms with Gasteiger partial charge in [-0.15, -0.1) is 0 Å². The summed E-state index contributed by atoms with van der Waals surface area (Å²) in [5.74, 6) is 0.728. The van der Waals surface area contributed by atoms with Gasteiger partial charge < -0.3 is 14.8 Å². The molecule has 1 aromatic rings. The molecule has 1 fully saturated rings. The molecule has 0 radical (unpaired) electrons. The molecule has 0 atom stereocenters. The molecule has 1 aromatic carbocycles. The minimum Gasteiger partial charge on any atom is -0.497 e. The lowest BCUT2D eigenvalue weighted by Gasteiger charge is -2.24. The average molecular weight is 221 g/mol. The Hall–Kier alpha value is -1.55. The zero-order chi connectivity index (χ0) is 11.4. The summed E-state index contributed by atoms with van der Waals surface area (Å²) in [6, 6.07) is 7.50. The van der Waals surface area contributed by atoms with Gasteiger partial charge in [-0.1, -0.05) is 12.1 Å². The van der Waals surface area contributed by atoms with Crippen molar-refractivity contribution in [2.75, 3.05) is 20.2 Å². The fourth-order valence-corrected chi connectivity index (χ4v) is 1.45. The van der Waals surface area contributed by atoms with Crippen LogP contribution in [0.25, 0.3) is 0 Å². The lowest BCUT2D eigenvalue weighted by Crippen LogP contribution is -2.47. The Labute approximate surface area is 94.6 Å². The van der Waals surface area contributed by atoms with Gasteiger partial charge in [-0.2, -0.15) is 0 Å². The number of hydrogen-bond acceptors (Lipinski definition) is 4. The molecule has 0 amide bonds. The van der Waals surface area contributed by atoms with E-state index in [4.69, 9.17) is 9.47 Å². The van der Waals surface area contributed by atoms with Crippen LogP contribution in [0.1, 0.15) is 5.56 Å². The Bertz CT molecular complexity index is 357. The van der Waals surface area contributed by atoms with E-state index in [1.807, 2.05) is 24.3 Å². The molecule has 2 rings (SSSR count). The fourth-order valence-electron chi connectivity index (χ4n) is 1.45. The van der Waals surface area contributed by atoms with Crippen LogP contribution < -0.4 is 10.1 Å². The van der Waals surface area contributed by atoms with Crippen molar-refractivity contribution in [1.82, 2.24) is 5.32 Å². The number of benzene rings is 1. The zero-order valence-electron chi connectivity index (χ0n) is 9.23. The predicted octanol–water partition coefficient (Wildman–Crippen LogP) is 0.958. The van der Waals surface area contributed by atoms with Gasteiger partial charge in [0.1, 0.15) is 12.4 Å². The highest BCUT2D eigenvalue weighted by atomic mass is 16.5. The van der Waals surface area contributed by atoms with E-state index in [0.29, 0.717) is 6.61 Å². The second-order valence-corrected chi connectivity index (χ2v) is 3.81. The van der Waals surface area contributed by atoms with E-state index in [9.17, 15) is 4.79 Å². The third-order valence-electron chi connectivity index (χ3n) is 2.65. The minimum atomic E-state index is -0.116. The third kappa shape index (κ3) is 2.52. The van der Waals surface area contributed by atoms with E-state index >= 15 is 0 Å². The maximum absolute atomic E-state index is 11.4. The van der Waals surface area contributed by atoms with Crippen LogP contribution in [0.4, 0.5) is 0 Å². The van der Waals surface area contributed by atoms with Crippen LogP contribution in [0.2, 0.25) is 0 Å². The van der Waals surface area contributed by atoms with Gasteiger partial charge in [0.05, 0.1) is 13.0 Å². The molecule has 0 saturated carbocycles. The Morgan fingerprint density at radius 2 is 2.06 bits per heavy atom. The van der Waals surface area contributed by atoms with Gasteiger partial charge in [-0.05, 0) is 17.7 Å². The molecule has 0 spiro atoms. The molecule has 0 bridgehead atoms. The standard InChI is InChI=1S/C12H15NO3/c1-15-11-4-2-9(3-5-11)8-16-12(14)10-6-13-7-10/h2-5,10,13H,6-8H2,1H3. The summed E-state index contributed by atoms with van der Waals surface area (Å²) in [4.78, 5) is 11.4. The highest BCUT2D eigenvalue weighted by Gasteiger charge is 2.26. The molecule has 0 unspecified atom stereocenters. The normalized spacial score (nSPS) is 15.3. The van der Waals surface area contributed by atoms with Crippen LogP contribution in [0.15, 0.2) is 24.3 Å². The van der Waals surface area contributed by atoms with Crippen molar-refractivity contribution in [1.29, 1.82) is 0 Å². The molecule has 1 aliphatic rings. The summed E-state index contributed by atoms with van der Waals surface area (Å²) in [6.45, 7) is 1.81. The number of hydrogen-bond donors (Lipinski definition) is 1. The van der Waals surface area contributed by atoms with Gasteiger partial charge in [0.25, 0.3) is 0 Å². The first-order chi connectivity index (χ1) is 7.79. The van der Waals surface area contributed by atoms with Crippen LogP contribution in [-0.4, -0.2) is 26.2 Å². The van der Waals surface area contributed by atoms with Gasteiger partial charge in [-0.3, -0.25) is 4.79 Å². The molecular weight excluding hydrogens is 206 g/mol. The Morgan fingerprint density at radius 1 is 1.38 bits per heavy atom. The largest absolute Gasteiger partial charge is 0.497 e. The zero-order valence-corrected chi connectivity index (χ0v) is 9.23. The van der Waals surface area contributed by atoms with Gasteiger partial charge in [0.2, 0.25) is 0 Å². The van der Waals surface area contributed by atoms with Crippen LogP contribution in [-0.2, 0) is 16.1 Å². The monoisotopic (exact) mass is 221 g/mol. The van der Waals surface area contributed by atoms with Crippen molar-refractivity contribution < 1.29 is 14.3 Å². The summed E-state index contributed by atoms with van der Waals surface area (Å²) in [6.07, 6.45) is 0. The molecule has 0 aliphatic carbocycles. The lowest BCUT2D eigenvalue weighted by molar-refractivity contribution is -0.151. The lowest BCUT2D eigenvalue weighted by atomic mass is 10.0. The SMILES string of the molecule is COc1ccc(COC(=O)C2CNC2)cc1. The molecule has 1 saturated heterocycles. The molecular formula is C12H15NO3. The highest BCUT2D eigenvalue weighted by Crippen LogP contribution is 2.13. The topological polar surface area (TPSA) is 47.6 Å². The Kier molecular flexibility index (Phi) is 3.41. The minimum absolute atomic E-state index is 0.0400. The third-order valence-corrected chi connectivity index (χ3v) is 2.65. The van der Waals surface area contributed by atoms with Crippen molar-refractivity contribution in [2.24, 2.45) is 5.92 Å². The van der Waals surface area contributed by atoms with Crippen molar-refractivity contribution in [3.8, 4) is 5.75 Å². The number of ether oxygens (including phenoxy) is 2. The number of methoxy groups -OCH3 is 1. The molecule has 4 heteroatoms. The van der Waals surface area contributed by atoms with Crippen molar-refractivity contribution in [2.45, 2.75) is 6.61 Å². The van der Waals surface area contributed by atoms with E-state index in [0.717, 1.165) is 24.4 Å². The Balaban J connectivity index is 1.81. The van der Waals surface area contributed by atoms with E-state index < -0.39 is 0 Å². The van der Waals surface area contributed by atoms with Crippen LogP contribution >= 0.6 is 0 Å². The maximum Gasteiger partial charge on any atom is 0.311 e. The van der Waals surface area contributed by atoms with Crippen molar-refractivity contribution in [3.63, 3.8) is 0 Å². The quantitative estimate of drug-likeness (QED) is 0.769. The molecule has 16 heavy (non-hydrogen) atoms. The van der Waals surface area contributed by atoms with Gasteiger partial charge in [0.15, 0.2) is 0 Å². The molecule has 86 valence electrons. The summed E-state index contributed by atoms with van der Waals surface area (Å²) in [5, 5.41) is 3.04. The summed E-state index contributed by atoms with van der Waals surface area (Å²) in [7, 11) is 1.62. The fraction of sp³-hybridized carbons (Fsp3) is 0.417. The number of nitrogens with one attached hydrogen (secondary N) is 1. The molecule has 1 aliphatic heterocycles. The van der Waals surface area contributed by atoms with Gasteiger partial charge in [0, 0.05) is 13.1 Å². The summed E-state index contributed by atoms with van der Waals surface area (Å²) < 4.78 is 10.2. The summed E-state index contributed by atoms with van der Waals surface area (Å²) in [5.41, 5.74) is 0.974. The molecule has 4 nitrogen and oxygen atoms in total. The number of carbonyl (C=O) groups is 1. The number of carbonyl (C=O) groups excluding carboxylic acids is 1. The second-order valence-electron chi connectivity index (χ2n) is 3.81. The second kappa shape index (κ2) is 4.99. The predicted molar refractivity (Wildman–Crippen MR) is 59.1 cm³/mol. The first-order valence-corrected chi connectivity index (χ1v) is 5.30. The number of esters is 1. The molecule has 1 N–H and O–H groups in total. The van der Waals surface area contributed by atoms with E-state index in [1.54, 1.807) is 7.11 Å². The van der Waals surface area contributed by atoms with E-state index in [1.165, 1.54) is 0 Å². The maximum atomic E-state index is 11.4. The average Bonchev–Trinajstić information content (AvgIpc) is 2.25. The van der Waals surface area contributed by atoms with Crippen LogP contribution in [0, 0.1) is 5.92 Å². The smallest absolute Gasteiger partial charge is 0.311 e.